The molecular weight excluding hydrogens is 404 g/mol. The average molecular weight is 424 g/mol. The third-order valence-electron chi connectivity index (χ3n) is 4.74. The normalized spacial score (nSPS) is 14.8. The predicted molar refractivity (Wildman–Crippen MR) is 113 cm³/mol. The number of para-hydroxylation sites is 1. The number of amides is 1. The van der Waals surface area contributed by atoms with Gasteiger partial charge in [-0.25, -0.2) is 0 Å². The minimum Gasteiger partial charge on any atom is -0.497 e. The van der Waals surface area contributed by atoms with Gasteiger partial charge in [-0.3, -0.25) is 9.69 Å². The predicted octanol–water partition coefficient (Wildman–Crippen LogP) is 3.72. The van der Waals surface area contributed by atoms with Crippen LogP contribution in [-0.4, -0.2) is 41.6 Å². The number of methoxy groups -OCH3 is 2. The molecule has 4 rings (SSSR count). The first kappa shape index (κ1) is 20.0. The van der Waals surface area contributed by atoms with Gasteiger partial charge in [-0.2, -0.15) is 4.98 Å². The van der Waals surface area contributed by atoms with Gasteiger partial charge in [0.25, 0.3) is 0 Å². The van der Waals surface area contributed by atoms with Crippen LogP contribution in [0.3, 0.4) is 0 Å². The second-order valence-electron chi connectivity index (χ2n) is 6.44. The number of carbonyl (C=O) groups excluding carboxylic acids is 1. The molecule has 1 amide bonds. The van der Waals surface area contributed by atoms with Gasteiger partial charge in [0.05, 0.1) is 25.5 Å². The number of ether oxygens (including phenoxy) is 3. The molecule has 2 heterocycles. The maximum Gasteiger partial charge on any atom is 0.247 e. The number of aromatic nitrogens is 3. The zero-order chi connectivity index (χ0) is 21.3. The molecular formula is C21H20N4O4S. The van der Waals surface area contributed by atoms with E-state index >= 15 is 0 Å². The highest BCUT2D eigenvalue weighted by atomic mass is 32.2. The first-order valence-corrected chi connectivity index (χ1v) is 10.4. The van der Waals surface area contributed by atoms with Gasteiger partial charge < -0.3 is 14.2 Å². The molecule has 3 aromatic rings. The lowest BCUT2D eigenvalue weighted by molar-refractivity contribution is -0.118. The lowest BCUT2D eigenvalue weighted by atomic mass is 10.1. The van der Waals surface area contributed by atoms with Gasteiger partial charge in [0.1, 0.15) is 11.5 Å². The number of hydrogen-bond acceptors (Lipinski definition) is 8. The fourth-order valence-corrected chi connectivity index (χ4v) is 3.67. The van der Waals surface area contributed by atoms with Crippen molar-refractivity contribution in [2.45, 2.75) is 18.3 Å². The van der Waals surface area contributed by atoms with Crippen LogP contribution in [0.4, 0.5) is 5.69 Å². The number of nitrogens with zero attached hydrogens (tertiary/aromatic N) is 4. The molecule has 0 saturated carbocycles. The van der Waals surface area contributed by atoms with Crippen molar-refractivity contribution in [2.24, 2.45) is 0 Å². The van der Waals surface area contributed by atoms with Crippen LogP contribution in [0.25, 0.3) is 11.3 Å². The van der Waals surface area contributed by atoms with Crippen molar-refractivity contribution in [3.8, 4) is 28.6 Å². The smallest absolute Gasteiger partial charge is 0.247 e. The number of benzene rings is 2. The summed E-state index contributed by atoms with van der Waals surface area (Å²) in [6.07, 6.45) is 1.01. The summed E-state index contributed by atoms with van der Waals surface area (Å²) in [5, 5.41) is 8.96. The van der Waals surface area contributed by atoms with E-state index in [0.29, 0.717) is 45.0 Å². The Morgan fingerprint density at radius 2 is 1.93 bits per heavy atom. The Balaban J connectivity index is 2.00. The molecule has 2 aromatic carbocycles. The molecule has 1 aliphatic heterocycles. The van der Waals surface area contributed by atoms with Crippen LogP contribution < -0.4 is 19.1 Å². The second-order valence-corrected chi connectivity index (χ2v) is 7.21. The molecule has 0 bridgehead atoms. The van der Waals surface area contributed by atoms with Crippen molar-refractivity contribution in [1.82, 2.24) is 15.2 Å². The Morgan fingerprint density at radius 3 is 2.63 bits per heavy atom. The number of carbonyl (C=O) groups is 1. The van der Waals surface area contributed by atoms with Crippen molar-refractivity contribution in [1.29, 1.82) is 0 Å². The summed E-state index contributed by atoms with van der Waals surface area (Å²) in [4.78, 5) is 18.9. The summed E-state index contributed by atoms with van der Waals surface area (Å²) >= 11 is 1.36. The van der Waals surface area contributed by atoms with Gasteiger partial charge in [-0.15, -0.1) is 10.2 Å². The third-order valence-corrected chi connectivity index (χ3v) is 5.27. The summed E-state index contributed by atoms with van der Waals surface area (Å²) in [6.45, 7) is 1.49. The van der Waals surface area contributed by atoms with Crippen LogP contribution in [0, 0.1) is 0 Å². The summed E-state index contributed by atoms with van der Waals surface area (Å²) in [5.41, 5.74) is 2.45. The molecule has 1 aromatic heterocycles. The minimum absolute atomic E-state index is 0.205. The summed E-state index contributed by atoms with van der Waals surface area (Å²) in [7, 11) is 3.15. The highest BCUT2D eigenvalue weighted by Gasteiger charge is 2.36. The van der Waals surface area contributed by atoms with E-state index in [2.05, 4.69) is 15.2 Å². The monoisotopic (exact) mass is 424 g/mol. The molecule has 0 saturated heterocycles. The highest BCUT2D eigenvalue weighted by molar-refractivity contribution is 7.98. The van der Waals surface area contributed by atoms with Gasteiger partial charge in [-0.05, 0) is 30.5 Å². The van der Waals surface area contributed by atoms with E-state index < -0.39 is 6.23 Å². The Hall–Kier alpha value is -3.33. The first-order valence-electron chi connectivity index (χ1n) is 9.13. The largest absolute Gasteiger partial charge is 0.497 e. The number of fused-ring (bicyclic) bond motifs is 3. The first-order chi connectivity index (χ1) is 14.6. The maximum atomic E-state index is 12.8. The Bertz CT molecular complexity index is 1110. The van der Waals surface area contributed by atoms with Crippen molar-refractivity contribution in [3.05, 3.63) is 48.0 Å². The van der Waals surface area contributed by atoms with Crippen molar-refractivity contribution in [3.63, 3.8) is 0 Å². The quantitative estimate of drug-likeness (QED) is 0.586. The molecule has 0 N–H and O–H groups in total. The number of rotatable bonds is 4. The summed E-state index contributed by atoms with van der Waals surface area (Å²) in [6, 6.07) is 12.8. The van der Waals surface area contributed by atoms with Crippen LogP contribution in [-0.2, 0) is 4.79 Å². The topological polar surface area (TPSA) is 86.7 Å². The molecule has 154 valence electrons. The second kappa shape index (κ2) is 8.19. The lowest BCUT2D eigenvalue weighted by Crippen LogP contribution is -2.36. The highest BCUT2D eigenvalue weighted by Crippen LogP contribution is 2.45. The fourth-order valence-electron chi connectivity index (χ4n) is 3.37. The molecule has 9 heteroatoms. The molecule has 1 aliphatic rings. The Labute approximate surface area is 178 Å². The molecule has 0 fully saturated rings. The summed E-state index contributed by atoms with van der Waals surface area (Å²) in [5.74, 6) is 1.25. The fraction of sp³-hybridized carbons (Fsp3) is 0.238. The van der Waals surface area contributed by atoms with Crippen LogP contribution in [0.2, 0.25) is 0 Å². The summed E-state index contributed by atoms with van der Waals surface area (Å²) < 4.78 is 17.3. The SMILES string of the molecule is COc1ccc(OC)c([C@H]2Oc3nc(SC)nnc3-c3ccccc3N2C(C)=O)c1. The third kappa shape index (κ3) is 3.41. The van der Waals surface area contributed by atoms with E-state index in [1.165, 1.54) is 18.7 Å². The van der Waals surface area contributed by atoms with E-state index in [9.17, 15) is 4.79 Å². The number of hydrogen-bond donors (Lipinski definition) is 0. The van der Waals surface area contributed by atoms with Gasteiger partial charge in [-0.1, -0.05) is 30.0 Å². The minimum atomic E-state index is -0.846. The lowest BCUT2D eigenvalue weighted by Gasteiger charge is -2.30. The van der Waals surface area contributed by atoms with Gasteiger partial charge >= 0.3 is 0 Å². The van der Waals surface area contributed by atoms with Crippen LogP contribution >= 0.6 is 11.8 Å². The average Bonchev–Trinajstić information content (AvgIpc) is 2.92. The Morgan fingerprint density at radius 1 is 1.13 bits per heavy atom. The van der Waals surface area contributed by atoms with E-state index in [0.717, 1.165) is 0 Å². The van der Waals surface area contributed by atoms with Crippen LogP contribution in [0.5, 0.6) is 17.4 Å². The van der Waals surface area contributed by atoms with Crippen LogP contribution in [0.1, 0.15) is 18.7 Å². The molecule has 0 unspecified atom stereocenters. The Kier molecular flexibility index (Phi) is 5.45. The molecule has 30 heavy (non-hydrogen) atoms. The van der Waals surface area contributed by atoms with Crippen LogP contribution in [0.15, 0.2) is 47.6 Å². The number of anilines is 1. The molecule has 0 aliphatic carbocycles. The zero-order valence-corrected chi connectivity index (χ0v) is 17.8. The maximum absolute atomic E-state index is 12.8. The van der Waals surface area contributed by atoms with Gasteiger partial charge in [0.2, 0.25) is 23.2 Å². The van der Waals surface area contributed by atoms with E-state index in [1.807, 2.05) is 30.5 Å². The molecule has 0 radical (unpaired) electrons. The molecule has 1 atom stereocenters. The molecule has 0 spiro atoms. The number of thioether (sulfide) groups is 1. The van der Waals surface area contributed by atoms with E-state index in [-0.39, 0.29) is 5.91 Å². The van der Waals surface area contributed by atoms with Crippen molar-refractivity contribution < 1.29 is 19.0 Å². The van der Waals surface area contributed by atoms with E-state index in [1.54, 1.807) is 37.3 Å². The van der Waals surface area contributed by atoms with Gasteiger partial charge in [0, 0.05) is 12.5 Å². The standard InChI is InChI=1S/C21H20N4O4S/c1-12(26)25-16-8-6-5-7-14(16)18-19(22-21(30-4)24-23-18)29-20(25)15-11-13(27-2)9-10-17(15)28-3/h5-11,20H,1-4H3/t20-/m1/s1. The molecule has 8 nitrogen and oxygen atoms in total. The van der Waals surface area contributed by atoms with Gasteiger partial charge in [0.15, 0.2) is 5.69 Å². The zero-order valence-electron chi connectivity index (χ0n) is 16.9. The van der Waals surface area contributed by atoms with Crippen molar-refractivity contribution >= 4 is 23.4 Å². The van der Waals surface area contributed by atoms with Crippen molar-refractivity contribution in [2.75, 3.05) is 25.4 Å². The van der Waals surface area contributed by atoms with E-state index in [4.69, 9.17) is 14.2 Å².